The van der Waals surface area contributed by atoms with E-state index >= 15 is 0 Å². The van der Waals surface area contributed by atoms with Gasteiger partial charge < -0.3 is 9.80 Å². The maximum absolute atomic E-state index is 13.7. The van der Waals surface area contributed by atoms with Gasteiger partial charge in [-0.05, 0) is 31.1 Å². The van der Waals surface area contributed by atoms with Gasteiger partial charge in [-0.15, -0.1) is 0 Å². The summed E-state index contributed by atoms with van der Waals surface area (Å²) in [5.74, 6) is 0.0919. The molecule has 4 rings (SSSR count). The van der Waals surface area contributed by atoms with Gasteiger partial charge in [0.25, 0.3) is 0 Å². The van der Waals surface area contributed by atoms with Crippen LogP contribution in [0.25, 0.3) is 0 Å². The number of rotatable bonds is 5. The first kappa shape index (κ1) is 25.8. The lowest BCUT2D eigenvalue weighted by atomic mass is 9.69. The zero-order valence-electron chi connectivity index (χ0n) is 19.9. The average molecular weight is 522 g/mol. The van der Waals surface area contributed by atoms with Crippen LogP contribution in [-0.2, 0) is 16.2 Å². The monoisotopic (exact) mass is 521 g/mol. The third-order valence-corrected chi connectivity index (χ3v) is 9.75. The molecule has 0 amide bonds. The first-order valence-electron chi connectivity index (χ1n) is 11.9. The summed E-state index contributed by atoms with van der Waals surface area (Å²) in [5.41, 5.74) is 0.180. The first-order valence-corrected chi connectivity index (χ1v) is 14.8. The molecule has 12 heteroatoms. The molecule has 3 aliphatic rings. The molecule has 0 bridgehead atoms. The van der Waals surface area contributed by atoms with Crippen molar-refractivity contribution in [3.63, 3.8) is 0 Å². The van der Waals surface area contributed by atoms with Crippen molar-refractivity contribution in [1.82, 2.24) is 14.3 Å². The molecule has 7 nitrogen and oxygen atoms in total. The van der Waals surface area contributed by atoms with E-state index in [0.29, 0.717) is 37.7 Å². The smallest absolute Gasteiger partial charge is 0.358 e. The summed E-state index contributed by atoms with van der Waals surface area (Å²) in [5, 5.41) is -0.0540. The molecule has 1 unspecified atom stereocenters. The third-order valence-electron chi connectivity index (χ3n) is 7.29. The Morgan fingerprint density at radius 2 is 1.85 bits per heavy atom. The van der Waals surface area contributed by atoms with E-state index in [1.165, 1.54) is 29.8 Å². The molecular weight excluding hydrogens is 487 g/mol. The van der Waals surface area contributed by atoms with Crippen LogP contribution in [0, 0.1) is 5.41 Å². The lowest BCUT2D eigenvalue weighted by Crippen LogP contribution is -2.45. The fourth-order valence-corrected chi connectivity index (χ4v) is 7.88. The van der Waals surface area contributed by atoms with Crippen molar-refractivity contribution in [2.45, 2.75) is 56.4 Å². The summed E-state index contributed by atoms with van der Waals surface area (Å²) < 4.78 is 66.5. The number of alkyl halides is 3. The molecule has 1 aromatic rings. The standard InChI is InChI=1S/C22H34F3N5O2S2/c1-28(14-17-15-30(11-12-33-17)34(2,31)32)18-13-19(27-20(26-18)22(23,24)25)29-10-6-9-21(16-29)7-4-3-5-8-21/h13,17H,3-12,14-16H2,1-2H3. The van der Waals surface area contributed by atoms with Crippen molar-refractivity contribution in [3.8, 4) is 0 Å². The molecular formula is C22H34F3N5O2S2. The van der Waals surface area contributed by atoms with E-state index in [2.05, 4.69) is 9.97 Å². The Morgan fingerprint density at radius 3 is 2.53 bits per heavy atom. The maximum atomic E-state index is 13.7. The number of sulfonamides is 1. The molecule has 1 aliphatic carbocycles. The van der Waals surface area contributed by atoms with Crippen LogP contribution < -0.4 is 9.80 Å². The highest BCUT2D eigenvalue weighted by Gasteiger charge is 2.39. The molecule has 2 aliphatic heterocycles. The summed E-state index contributed by atoms with van der Waals surface area (Å²) in [6, 6.07) is 1.67. The predicted octanol–water partition coefficient (Wildman–Crippen LogP) is 3.86. The minimum atomic E-state index is -4.64. The van der Waals surface area contributed by atoms with E-state index in [0.717, 1.165) is 32.2 Å². The number of hydrogen-bond acceptors (Lipinski definition) is 7. The first-order chi connectivity index (χ1) is 16.0. The molecule has 34 heavy (non-hydrogen) atoms. The van der Waals surface area contributed by atoms with Crippen molar-refractivity contribution >= 4 is 33.4 Å². The van der Waals surface area contributed by atoms with Crippen molar-refractivity contribution in [3.05, 3.63) is 11.9 Å². The topological polar surface area (TPSA) is 69.6 Å². The minimum Gasteiger partial charge on any atom is -0.358 e. The predicted molar refractivity (Wildman–Crippen MR) is 130 cm³/mol. The van der Waals surface area contributed by atoms with Crippen LogP contribution >= 0.6 is 11.8 Å². The number of piperidine rings is 1. The Kier molecular flexibility index (Phi) is 7.59. The maximum Gasteiger partial charge on any atom is 0.451 e. The Labute approximate surface area is 204 Å². The van der Waals surface area contributed by atoms with Gasteiger partial charge in [-0.3, -0.25) is 0 Å². The largest absolute Gasteiger partial charge is 0.451 e. The van der Waals surface area contributed by atoms with Gasteiger partial charge in [0, 0.05) is 56.8 Å². The lowest BCUT2D eigenvalue weighted by Gasteiger charge is -2.46. The average Bonchev–Trinajstić information content (AvgIpc) is 2.78. The SMILES string of the molecule is CN(CC1CN(S(C)(=O)=O)CCS1)c1cc(N2CCCC3(CCCCC3)C2)nc(C(F)(F)F)n1. The lowest BCUT2D eigenvalue weighted by molar-refractivity contribution is -0.144. The van der Waals surface area contributed by atoms with Crippen LogP contribution in [0.3, 0.4) is 0 Å². The van der Waals surface area contributed by atoms with Crippen molar-refractivity contribution in [2.24, 2.45) is 5.41 Å². The second-order valence-corrected chi connectivity index (χ2v) is 13.4. The molecule has 2 saturated heterocycles. The van der Waals surface area contributed by atoms with Gasteiger partial charge in [0.05, 0.1) is 6.26 Å². The normalized spacial score (nSPS) is 24.4. The fourth-order valence-electron chi connectivity index (χ4n) is 5.52. The van der Waals surface area contributed by atoms with Crippen LogP contribution in [0.5, 0.6) is 0 Å². The van der Waals surface area contributed by atoms with Crippen LogP contribution in [0.1, 0.15) is 50.8 Å². The van der Waals surface area contributed by atoms with Crippen LogP contribution in [0.4, 0.5) is 24.8 Å². The van der Waals surface area contributed by atoms with E-state index in [1.54, 1.807) is 29.8 Å². The Morgan fingerprint density at radius 1 is 1.15 bits per heavy atom. The minimum absolute atomic E-state index is 0.0540. The van der Waals surface area contributed by atoms with E-state index in [4.69, 9.17) is 0 Å². The Bertz CT molecular complexity index is 964. The number of nitrogens with zero attached hydrogens (tertiary/aromatic N) is 5. The van der Waals surface area contributed by atoms with Gasteiger partial charge in [-0.2, -0.15) is 24.9 Å². The highest BCUT2D eigenvalue weighted by atomic mass is 32.2. The quantitative estimate of drug-likeness (QED) is 0.583. The number of thioether (sulfide) groups is 1. The van der Waals surface area contributed by atoms with Gasteiger partial charge >= 0.3 is 6.18 Å². The molecule has 1 aromatic heterocycles. The zero-order chi connectivity index (χ0) is 24.6. The van der Waals surface area contributed by atoms with Crippen LogP contribution in [0.15, 0.2) is 6.07 Å². The molecule has 1 saturated carbocycles. The number of halogens is 3. The third kappa shape index (κ3) is 6.10. The molecule has 0 N–H and O–H groups in total. The molecule has 3 heterocycles. The number of hydrogen-bond donors (Lipinski definition) is 0. The molecule has 1 spiro atoms. The second-order valence-electron chi connectivity index (χ2n) is 9.99. The summed E-state index contributed by atoms with van der Waals surface area (Å²) in [6.45, 7) is 2.63. The van der Waals surface area contributed by atoms with E-state index in [-0.39, 0.29) is 16.5 Å². The van der Waals surface area contributed by atoms with Gasteiger partial charge in [0.1, 0.15) is 11.6 Å². The Balaban J connectivity index is 1.56. The Hall–Kier alpha value is -1.27. The number of anilines is 2. The van der Waals surface area contributed by atoms with Crippen LogP contribution in [-0.4, -0.2) is 79.7 Å². The second kappa shape index (κ2) is 10.0. The van der Waals surface area contributed by atoms with Gasteiger partial charge in [-0.25, -0.2) is 22.7 Å². The molecule has 0 aromatic carbocycles. The summed E-state index contributed by atoms with van der Waals surface area (Å²) >= 11 is 1.64. The number of aromatic nitrogens is 2. The van der Waals surface area contributed by atoms with Crippen molar-refractivity contribution < 1.29 is 21.6 Å². The van der Waals surface area contributed by atoms with Crippen LogP contribution in [0.2, 0.25) is 0 Å². The van der Waals surface area contributed by atoms with E-state index in [1.807, 2.05) is 4.90 Å². The summed E-state index contributed by atoms with van der Waals surface area (Å²) in [6.07, 6.45) is 4.49. The van der Waals surface area contributed by atoms with Crippen molar-refractivity contribution in [2.75, 3.05) is 61.6 Å². The van der Waals surface area contributed by atoms with E-state index in [9.17, 15) is 21.6 Å². The molecule has 192 valence electrons. The summed E-state index contributed by atoms with van der Waals surface area (Å²) in [7, 11) is -1.59. The zero-order valence-corrected chi connectivity index (χ0v) is 21.5. The molecule has 3 fully saturated rings. The van der Waals surface area contributed by atoms with Gasteiger partial charge in [-0.1, -0.05) is 19.3 Å². The summed E-state index contributed by atoms with van der Waals surface area (Å²) in [4.78, 5) is 11.5. The highest BCUT2D eigenvalue weighted by molar-refractivity contribution is 8.00. The van der Waals surface area contributed by atoms with E-state index < -0.39 is 22.0 Å². The van der Waals surface area contributed by atoms with Crippen molar-refractivity contribution in [1.29, 1.82) is 0 Å². The van der Waals surface area contributed by atoms with Gasteiger partial charge in [0.15, 0.2) is 0 Å². The highest BCUT2D eigenvalue weighted by Crippen LogP contribution is 2.44. The molecule has 0 radical (unpaired) electrons. The van der Waals surface area contributed by atoms with Gasteiger partial charge in [0.2, 0.25) is 15.8 Å². The molecule has 1 atom stereocenters. The fraction of sp³-hybridized carbons (Fsp3) is 0.818.